The number of halogens is 2. The quantitative estimate of drug-likeness (QED) is 0.340. The predicted octanol–water partition coefficient (Wildman–Crippen LogP) is 3.96. The summed E-state index contributed by atoms with van der Waals surface area (Å²) >= 11 is 0. The minimum Gasteiger partial charge on any atom is -0.444 e. The normalized spacial score (nSPS) is 10.9. The highest BCUT2D eigenvalue weighted by molar-refractivity contribution is 14.0. The van der Waals surface area contributed by atoms with Gasteiger partial charge in [0.25, 0.3) is 0 Å². The number of oxazole rings is 1. The van der Waals surface area contributed by atoms with Gasteiger partial charge in [0.1, 0.15) is 12.1 Å². The van der Waals surface area contributed by atoms with Gasteiger partial charge >= 0.3 is 0 Å². The zero-order valence-corrected chi connectivity index (χ0v) is 16.6. The molecule has 0 aliphatic carbocycles. The van der Waals surface area contributed by atoms with Crippen LogP contribution in [0.2, 0.25) is 0 Å². The molecule has 5 nitrogen and oxygen atoms in total. The first-order valence-electron chi connectivity index (χ1n) is 7.94. The van der Waals surface area contributed by atoms with Crippen LogP contribution in [-0.2, 0) is 13.1 Å². The maximum atomic E-state index is 13.6. The highest BCUT2D eigenvalue weighted by Gasteiger charge is 2.07. The molecule has 0 amide bonds. The molecule has 26 heavy (non-hydrogen) atoms. The lowest BCUT2D eigenvalue weighted by Gasteiger charge is -2.11. The van der Waals surface area contributed by atoms with Gasteiger partial charge in [-0.1, -0.05) is 36.4 Å². The molecule has 0 saturated heterocycles. The second-order valence-corrected chi connectivity index (χ2v) is 5.38. The fraction of sp³-hybridized carbons (Fsp3) is 0.158. The van der Waals surface area contributed by atoms with Crippen molar-refractivity contribution in [2.45, 2.75) is 13.1 Å². The summed E-state index contributed by atoms with van der Waals surface area (Å²) in [5.41, 5.74) is 2.27. The molecule has 2 aromatic carbocycles. The Balaban J connectivity index is 0.00000243. The van der Waals surface area contributed by atoms with Crippen molar-refractivity contribution in [1.82, 2.24) is 15.6 Å². The molecular weight excluding hydrogens is 446 g/mol. The van der Waals surface area contributed by atoms with Crippen molar-refractivity contribution in [3.8, 4) is 11.5 Å². The van der Waals surface area contributed by atoms with Crippen LogP contribution in [0.25, 0.3) is 11.5 Å². The summed E-state index contributed by atoms with van der Waals surface area (Å²) in [5, 5.41) is 6.21. The fourth-order valence-electron chi connectivity index (χ4n) is 2.32. The zero-order chi connectivity index (χ0) is 17.5. The molecule has 3 aromatic rings. The molecule has 0 bridgehead atoms. The standard InChI is InChI=1S/C19H19FN4O.HI/c1-21-19(22-11-15-9-5-6-10-17(15)20)23-12-16-13-25-18(24-16)14-7-3-2-4-8-14;/h2-10,13H,11-12H2,1H3,(H2,21,22,23);1H. The van der Waals surface area contributed by atoms with Crippen LogP contribution in [0.5, 0.6) is 0 Å². The van der Waals surface area contributed by atoms with Gasteiger partial charge in [-0.3, -0.25) is 4.99 Å². The Morgan fingerprint density at radius 3 is 2.46 bits per heavy atom. The van der Waals surface area contributed by atoms with E-state index >= 15 is 0 Å². The van der Waals surface area contributed by atoms with Gasteiger partial charge in [0.15, 0.2) is 5.96 Å². The first kappa shape index (κ1) is 19.9. The van der Waals surface area contributed by atoms with Gasteiger partial charge < -0.3 is 15.1 Å². The number of hydrogen-bond acceptors (Lipinski definition) is 3. The summed E-state index contributed by atoms with van der Waals surface area (Å²) in [7, 11) is 1.66. The van der Waals surface area contributed by atoms with Crippen molar-refractivity contribution in [2.75, 3.05) is 7.05 Å². The predicted molar refractivity (Wildman–Crippen MR) is 111 cm³/mol. The minimum atomic E-state index is -0.241. The highest BCUT2D eigenvalue weighted by atomic mass is 127. The summed E-state index contributed by atoms with van der Waals surface area (Å²) < 4.78 is 19.1. The maximum Gasteiger partial charge on any atom is 0.226 e. The Kier molecular flexibility index (Phi) is 7.58. The summed E-state index contributed by atoms with van der Waals surface area (Å²) in [5.74, 6) is 0.897. The molecule has 2 N–H and O–H groups in total. The first-order valence-corrected chi connectivity index (χ1v) is 7.94. The third-order valence-corrected chi connectivity index (χ3v) is 3.64. The van der Waals surface area contributed by atoms with E-state index in [9.17, 15) is 4.39 Å². The molecule has 136 valence electrons. The second kappa shape index (κ2) is 9.91. The van der Waals surface area contributed by atoms with Gasteiger partial charge in [-0.15, -0.1) is 24.0 Å². The first-order chi connectivity index (χ1) is 12.3. The molecule has 0 radical (unpaired) electrons. The number of guanidine groups is 1. The summed E-state index contributed by atoms with van der Waals surface area (Å²) in [4.78, 5) is 8.57. The molecule has 0 saturated carbocycles. The molecule has 0 spiro atoms. The zero-order valence-electron chi connectivity index (χ0n) is 14.3. The van der Waals surface area contributed by atoms with E-state index < -0.39 is 0 Å². The van der Waals surface area contributed by atoms with E-state index in [1.54, 1.807) is 31.5 Å². The summed E-state index contributed by atoms with van der Waals surface area (Å²) in [6, 6.07) is 16.3. The number of rotatable bonds is 5. The van der Waals surface area contributed by atoms with Crippen molar-refractivity contribution in [3.05, 3.63) is 77.9 Å². The maximum absolute atomic E-state index is 13.6. The molecule has 0 unspecified atom stereocenters. The van der Waals surface area contributed by atoms with E-state index in [1.165, 1.54) is 6.07 Å². The van der Waals surface area contributed by atoms with Crippen LogP contribution in [0, 0.1) is 5.82 Å². The Morgan fingerprint density at radius 1 is 1.04 bits per heavy atom. The second-order valence-electron chi connectivity index (χ2n) is 5.38. The van der Waals surface area contributed by atoms with Crippen molar-refractivity contribution >= 4 is 29.9 Å². The van der Waals surface area contributed by atoms with E-state index in [4.69, 9.17) is 4.42 Å². The lowest BCUT2D eigenvalue weighted by molar-refractivity contribution is 0.572. The van der Waals surface area contributed by atoms with Crippen molar-refractivity contribution in [3.63, 3.8) is 0 Å². The Morgan fingerprint density at radius 2 is 1.73 bits per heavy atom. The van der Waals surface area contributed by atoms with Crippen LogP contribution in [-0.4, -0.2) is 18.0 Å². The minimum absolute atomic E-state index is 0. The molecule has 0 atom stereocenters. The number of nitrogens with zero attached hydrogens (tertiary/aromatic N) is 2. The topological polar surface area (TPSA) is 62.5 Å². The molecule has 0 aliphatic rings. The third kappa shape index (κ3) is 5.29. The molecular formula is C19H20FIN4O. The van der Waals surface area contributed by atoms with E-state index in [1.807, 2.05) is 30.3 Å². The molecule has 7 heteroatoms. The van der Waals surface area contributed by atoms with Gasteiger partial charge in [-0.25, -0.2) is 9.37 Å². The van der Waals surface area contributed by atoms with E-state index in [0.29, 0.717) is 30.5 Å². The smallest absolute Gasteiger partial charge is 0.226 e. The number of aromatic nitrogens is 1. The molecule has 0 fully saturated rings. The number of aliphatic imine (C=N–C) groups is 1. The van der Waals surface area contributed by atoms with Gasteiger partial charge in [-0.2, -0.15) is 0 Å². The van der Waals surface area contributed by atoms with Gasteiger partial charge in [-0.05, 0) is 18.2 Å². The molecule has 0 aliphatic heterocycles. The van der Waals surface area contributed by atoms with E-state index in [2.05, 4.69) is 20.6 Å². The SMILES string of the molecule is CN=C(NCc1coc(-c2ccccc2)n1)NCc1ccccc1F.I. The largest absolute Gasteiger partial charge is 0.444 e. The average Bonchev–Trinajstić information content (AvgIpc) is 3.13. The van der Waals surface area contributed by atoms with Crippen molar-refractivity contribution < 1.29 is 8.81 Å². The molecule has 1 heterocycles. The Labute approximate surface area is 168 Å². The van der Waals surface area contributed by atoms with Gasteiger partial charge in [0.2, 0.25) is 5.89 Å². The van der Waals surface area contributed by atoms with E-state index in [-0.39, 0.29) is 29.8 Å². The monoisotopic (exact) mass is 466 g/mol. The van der Waals surface area contributed by atoms with Crippen molar-refractivity contribution in [2.24, 2.45) is 4.99 Å². The van der Waals surface area contributed by atoms with Crippen LogP contribution in [0.4, 0.5) is 4.39 Å². The number of hydrogen-bond donors (Lipinski definition) is 2. The van der Waals surface area contributed by atoms with Crippen molar-refractivity contribution in [1.29, 1.82) is 0 Å². The third-order valence-electron chi connectivity index (χ3n) is 3.64. The van der Waals surface area contributed by atoms with E-state index in [0.717, 1.165) is 11.3 Å². The average molecular weight is 466 g/mol. The lowest BCUT2D eigenvalue weighted by Crippen LogP contribution is -2.36. The van der Waals surface area contributed by atoms with Crippen LogP contribution in [0.1, 0.15) is 11.3 Å². The Hall–Kier alpha value is -2.42. The molecule has 3 rings (SSSR count). The van der Waals surface area contributed by atoms with Crippen LogP contribution in [0.15, 0.2) is 70.3 Å². The number of benzene rings is 2. The Bertz CT molecular complexity index is 852. The van der Waals surface area contributed by atoms with Crippen LogP contribution in [0.3, 0.4) is 0 Å². The highest BCUT2D eigenvalue weighted by Crippen LogP contribution is 2.17. The van der Waals surface area contributed by atoms with Crippen LogP contribution >= 0.6 is 24.0 Å². The lowest BCUT2D eigenvalue weighted by atomic mass is 10.2. The number of nitrogens with one attached hydrogen (secondary N) is 2. The van der Waals surface area contributed by atoms with Gasteiger partial charge in [0.05, 0.1) is 12.2 Å². The van der Waals surface area contributed by atoms with Crippen LogP contribution < -0.4 is 10.6 Å². The fourth-order valence-corrected chi connectivity index (χ4v) is 2.32. The summed E-state index contributed by atoms with van der Waals surface area (Å²) in [6.07, 6.45) is 1.61. The summed E-state index contributed by atoms with van der Waals surface area (Å²) in [6.45, 7) is 0.799. The van der Waals surface area contributed by atoms with Gasteiger partial charge in [0, 0.05) is 24.7 Å². The molecule has 1 aromatic heterocycles.